The van der Waals surface area contributed by atoms with E-state index in [0.717, 1.165) is 6.08 Å². The first-order valence-corrected chi connectivity index (χ1v) is 6.10. The van der Waals surface area contributed by atoms with E-state index in [2.05, 4.69) is 6.07 Å². The summed E-state index contributed by atoms with van der Waals surface area (Å²) >= 11 is 0. The maximum absolute atomic E-state index is 12.1. The summed E-state index contributed by atoms with van der Waals surface area (Å²) in [5, 5.41) is 17.3. The lowest BCUT2D eigenvalue weighted by atomic mass is 10.1. The van der Waals surface area contributed by atoms with Gasteiger partial charge in [0, 0.05) is 25.2 Å². The van der Waals surface area contributed by atoms with E-state index in [0.29, 0.717) is 17.7 Å². The zero-order valence-electron chi connectivity index (χ0n) is 11.4. The summed E-state index contributed by atoms with van der Waals surface area (Å²) in [6.45, 7) is 2.12. The predicted octanol–water partition coefficient (Wildman–Crippen LogP) is 2.02. The van der Waals surface area contributed by atoms with Crippen molar-refractivity contribution in [2.45, 2.75) is 6.92 Å². The van der Waals surface area contributed by atoms with Gasteiger partial charge in [0.15, 0.2) is 0 Å². The van der Waals surface area contributed by atoms with Crippen LogP contribution < -0.4 is 0 Å². The summed E-state index contributed by atoms with van der Waals surface area (Å²) in [6.07, 6.45) is 2.50. The van der Waals surface area contributed by atoms with Gasteiger partial charge in [0.25, 0.3) is 5.91 Å². The first kappa shape index (κ1) is 15.4. The van der Waals surface area contributed by atoms with Crippen LogP contribution in [0.15, 0.2) is 30.3 Å². The molecule has 1 amide bonds. The van der Waals surface area contributed by atoms with Crippen LogP contribution in [0.4, 0.5) is 0 Å². The molecule has 104 valence electrons. The molecule has 0 aromatic heterocycles. The SMILES string of the molecule is CC(C#N)CN(C)C(=O)c1ccc(C=CC(=O)O)cc1. The highest BCUT2D eigenvalue weighted by Gasteiger charge is 2.13. The van der Waals surface area contributed by atoms with E-state index in [4.69, 9.17) is 10.4 Å². The molecule has 0 aliphatic carbocycles. The number of amides is 1. The molecule has 0 saturated heterocycles. The fourth-order valence-electron chi connectivity index (χ4n) is 1.66. The Morgan fingerprint density at radius 2 is 2.00 bits per heavy atom. The van der Waals surface area contributed by atoms with E-state index in [-0.39, 0.29) is 11.8 Å². The lowest BCUT2D eigenvalue weighted by molar-refractivity contribution is -0.131. The van der Waals surface area contributed by atoms with Crippen molar-refractivity contribution < 1.29 is 14.7 Å². The Morgan fingerprint density at radius 1 is 1.40 bits per heavy atom. The molecule has 1 aromatic rings. The molecule has 0 saturated carbocycles. The third kappa shape index (κ3) is 4.58. The largest absolute Gasteiger partial charge is 0.478 e. The monoisotopic (exact) mass is 272 g/mol. The van der Waals surface area contributed by atoms with E-state index < -0.39 is 5.97 Å². The van der Waals surface area contributed by atoms with Crippen molar-refractivity contribution >= 4 is 18.0 Å². The van der Waals surface area contributed by atoms with Crippen LogP contribution >= 0.6 is 0 Å². The number of aliphatic carboxylic acids is 1. The van der Waals surface area contributed by atoms with Gasteiger partial charge in [-0.25, -0.2) is 4.79 Å². The Morgan fingerprint density at radius 3 is 2.50 bits per heavy atom. The molecule has 1 aromatic carbocycles. The zero-order valence-corrected chi connectivity index (χ0v) is 11.4. The molecular weight excluding hydrogens is 256 g/mol. The second-order valence-electron chi connectivity index (χ2n) is 4.51. The summed E-state index contributed by atoms with van der Waals surface area (Å²) < 4.78 is 0. The van der Waals surface area contributed by atoms with Crippen LogP contribution in [0, 0.1) is 17.2 Å². The predicted molar refractivity (Wildman–Crippen MR) is 74.8 cm³/mol. The number of nitriles is 1. The van der Waals surface area contributed by atoms with Crippen molar-refractivity contribution in [1.29, 1.82) is 5.26 Å². The van der Waals surface area contributed by atoms with Crippen molar-refractivity contribution in [2.75, 3.05) is 13.6 Å². The summed E-state index contributed by atoms with van der Waals surface area (Å²) in [5.74, 6) is -1.40. The quantitative estimate of drug-likeness (QED) is 0.831. The molecule has 5 heteroatoms. The maximum Gasteiger partial charge on any atom is 0.328 e. The first-order chi connectivity index (χ1) is 9.43. The van der Waals surface area contributed by atoms with E-state index >= 15 is 0 Å². The minimum Gasteiger partial charge on any atom is -0.478 e. The fraction of sp³-hybridized carbons (Fsp3) is 0.267. The number of hydrogen-bond donors (Lipinski definition) is 1. The Balaban J connectivity index is 2.75. The summed E-state index contributed by atoms with van der Waals surface area (Å²) in [7, 11) is 1.65. The normalized spacial score (nSPS) is 11.8. The maximum atomic E-state index is 12.1. The van der Waals surface area contributed by atoms with Gasteiger partial charge in [-0.1, -0.05) is 12.1 Å². The van der Waals surface area contributed by atoms with Crippen molar-refractivity contribution in [2.24, 2.45) is 5.92 Å². The number of nitrogens with zero attached hydrogens (tertiary/aromatic N) is 2. The number of carboxylic acids is 1. The summed E-state index contributed by atoms with van der Waals surface area (Å²) in [6, 6.07) is 8.70. The second kappa shape index (κ2) is 7.10. The number of carbonyl (C=O) groups is 2. The van der Waals surface area contributed by atoms with E-state index in [1.165, 1.54) is 11.0 Å². The van der Waals surface area contributed by atoms with Crippen molar-refractivity contribution in [1.82, 2.24) is 4.90 Å². The molecular formula is C15H16N2O3. The average molecular weight is 272 g/mol. The van der Waals surface area contributed by atoms with E-state index in [9.17, 15) is 9.59 Å². The fourth-order valence-corrected chi connectivity index (χ4v) is 1.66. The summed E-state index contributed by atoms with van der Waals surface area (Å²) in [4.78, 5) is 24.0. The van der Waals surface area contributed by atoms with Crippen LogP contribution in [0.2, 0.25) is 0 Å². The topological polar surface area (TPSA) is 81.4 Å². The van der Waals surface area contributed by atoms with Crippen LogP contribution in [0.1, 0.15) is 22.8 Å². The van der Waals surface area contributed by atoms with Gasteiger partial charge in [0.2, 0.25) is 0 Å². The van der Waals surface area contributed by atoms with Crippen molar-refractivity contribution in [3.8, 4) is 6.07 Å². The first-order valence-electron chi connectivity index (χ1n) is 6.10. The Kier molecular flexibility index (Phi) is 5.48. The molecule has 1 rings (SSSR count). The van der Waals surface area contributed by atoms with Gasteiger partial charge in [-0.3, -0.25) is 4.79 Å². The Bertz CT molecular complexity index is 555. The standard InChI is InChI=1S/C15H16N2O3/c1-11(9-16)10-17(2)15(20)13-6-3-12(4-7-13)5-8-14(18)19/h3-8,11H,10H2,1-2H3,(H,18,19). The molecule has 20 heavy (non-hydrogen) atoms. The molecule has 0 heterocycles. The second-order valence-corrected chi connectivity index (χ2v) is 4.51. The molecule has 0 aliphatic rings. The minimum absolute atomic E-state index is 0.166. The smallest absolute Gasteiger partial charge is 0.328 e. The van der Waals surface area contributed by atoms with Gasteiger partial charge in [-0.15, -0.1) is 0 Å². The van der Waals surface area contributed by atoms with Gasteiger partial charge < -0.3 is 10.0 Å². The lowest BCUT2D eigenvalue weighted by Crippen LogP contribution is -2.30. The number of carbonyl (C=O) groups excluding carboxylic acids is 1. The highest BCUT2D eigenvalue weighted by molar-refractivity contribution is 5.94. The highest BCUT2D eigenvalue weighted by Crippen LogP contribution is 2.09. The third-order valence-electron chi connectivity index (χ3n) is 2.69. The van der Waals surface area contributed by atoms with Crippen molar-refractivity contribution in [3.05, 3.63) is 41.5 Å². The number of hydrogen-bond acceptors (Lipinski definition) is 3. The van der Waals surface area contributed by atoms with E-state index in [1.807, 2.05) is 0 Å². The van der Waals surface area contributed by atoms with Crippen LogP contribution in [-0.2, 0) is 4.79 Å². The molecule has 0 radical (unpaired) electrons. The lowest BCUT2D eigenvalue weighted by Gasteiger charge is -2.18. The number of carboxylic acid groups (broad SMARTS) is 1. The molecule has 5 nitrogen and oxygen atoms in total. The van der Waals surface area contributed by atoms with Gasteiger partial charge in [-0.2, -0.15) is 5.26 Å². The van der Waals surface area contributed by atoms with Gasteiger partial charge >= 0.3 is 5.97 Å². The zero-order chi connectivity index (χ0) is 15.1. The molecule has 1 atom stereocenters. The Hall–Kier alpha value is -2.61. The van der Waals surface area contributed by atoms with Crippen LogP contribution in [0.5, 0.6) is 0 Å². The average Bonchev–Trinajstić information content (AvgIpc) is 2.44. The Labute approximate surface area is 117 Å². The molecule has 0 aliphatic heterocycles. The van der Waals surface area contributed by atoms with Crippen molar-refractivity contribution in [3.63, 3.8) is 0 Å². The number of benzene rings is 1. The van der Waals surface area contributed by atoms with Gasteiger partial charge in [0.1, 0.15) is 0 Å². The van der Waals surface area contributed by atoms with Gasteiger partial charge in [-0.05, 0) is 30.7 Å². The molecule has 1 unspecified atom stereocenters. The molecule has 1 N–H and O–H groups in total. The molecule has 0 fully saturated rings. The van der Waals surface area contributed by atoms with Gasteiger partial charge in [0.05, 0.1) is 12.0 Å². The third-order valence-corrected chi connectivity index (χ3v) is 2.69. The highest BCUT2D eigenvalue weighted by atomic mass is 16.4. The minimum atomic E-state index is -1.02. The van der Waals surface area contributed by atoms with Crippen LogP contribution in [-0.4, -0.2) is 35.5 Å². The summed E-state index contributed by atoms with van der Waals surface area (Å²) in [5.41, 5.74) is 1.21. The van der Waals surface area contributed by atoms with E-state index in [1.54, 1.807) is 38.2 Å². The number of rotatable bonds is 5. The molecule has 0 spiro atoms. The molecule has 0 bridgehead atoms. The van der Waals surface area contributed by atoms with Crippen LogP contribution in [0.25, 0.3) is 6.08 Å². The van der Waals surface area contributed by atoms with Crippen LogP contribution in [0.3, 0.4) is 0 Å².